The number of fused-ring (bicyclic) bond motifs is 1. The van der Waals surface area contributed by atoms with Crippen molar-refractivity contribution in [2.24, 2.45) is 0 Å². The van der Waals surface area contributed by atoms with Gasteiger partial charge in [0, 0.05) is 35.3 Å². The maximum atomic E-state index is 14.5. The molecule has 25 heavy (non-hydrogen) atoms. The van der Waals surface area contributed by atoms with E-state index in [1.165, 1.54) is 17.9 Å². The molecule has 0 fully saturated rings. The summed E-state index contributed by atoms with van der Waals surface area (Å²) >= 11 is 6.18. The maximum absolute atomic E-state index is 14.5. The second-order valence-corrected chi connectivity index (χ2v) is 6.35. The van der Waals surface area contributed by atoms with Crippen LogP contribution in [-0.4, -0.2) is 29.8 Å². The van der Waals surface area contributed by atoms with Gasteiger partial charge in [-0.05, 0) is 31.2 Å². The second-order valence-electron chi connectivity index (χ2n) is 5.91. The number of carbonyl (C=O) groups is 2. The summed E-state index contributed by atoms with van der Waals surface area (Å²) in [5.74, 6) is -0.937. The molecule has 0 spiro atoms. The van der Waals surface area contributed by atoms with E-state index in [1.807, 2.05) is 6.92 Å². The highest BCUT2D eigenvalue weighted by Crippen LogP contribution is 2.40. The highest BCUT2D eigenvalue weighted by Gasteiger charge is 2.36. The molecule has 0 saturated heterocycles. The molecule has 1 atom stereocenters. The lowest BCUT2D eigenvalue weighted by molar-refractivity contribution is -0.134. The Morgan fingerprint density at radius 2 is 1.96 bits per heavy atom. The van der Waals surface area contributed by atoms with Crippen LogP contribution in [0.4, 0.5) is 10.1 Å². The molecule has 0 N–H and O–H groups in total. The fourth-order valence-corrected chi connectivity index (χ4v) is 3.47. The van der Waals surface area contributed by atoms with Gasteiger partial charge in [-0.25, -0.2) is 4.39 Å². The summed E-state index contributed by atoms with van der Waals surface area (Å²) in [6.45, 7) is 3.57. The molecular formula is C19H18ClFN2O2. The normalized spacial score (nSPS) is 17.3. The van der Waals surface area contributed by atoms with Crippen molar-refractivity contribution >= 4 is 29.1 Å². The zero-order valence-electron chi connectivity index (χ0n) is 14.0. The standard InChI is InChI=1S/C19H18ClFN2O2/c1-3-22-17-9-8-13(20)10-15(17)19(14-6-4-5-7-16(14)21)23(12(2)24)11-18(22)25/h4-10,19H,3,11H2,1-2H3. The molecule has 1 aliphatic rings. The lowest BCUT2D eigenvalue weighted by Gasteiger charge is -2.29. The largest absolute Gasteiger partial charge is 0.322 e. The predicted octanol–water partition coefficient (Wildman–Crippen LogP) is 3.78. The zero-order valence-corrected chi connectivity index (χ0v) is 14.8. The number of rotatable bonds is 2. The van der Waals surface area contributed by atoms with E-state index in [-0.39, 0.29) is 18.4 Å². The third kappa shape index (κ3) is 3.12. The lowest BCUT2D eigenvalue weighted by atomic mass is 9.95. The molecule has 0 radical (unpaired) electrons. The van der Waals surface area contributed by atoms with Gasteiger partial charge in [0.1, 0.15) is 12.4 Å². The summed E-state index contributed by atoms with van der Waals surface area (Å²) in [5, 5.41) is 0.467. The number of amides is 2. The monoisotopic (exact) mass is 360 g/mol. The molecule has 0 aromatic heterocycles. The van der Waals surface area contributed by atoms with Gasteiger partial charge in [-0.15, -0.1) is 0 Å². The Bertz CT molecular complexity index is 840. The van der Waals surface area contributed by atoms with Gasteiger partial charge >= 0.3 is 0 Å². The smallest absolute Gasteiger partial charge is 0.246 e. The molecule has 130 valence electrons. The molecule has 0 aliphatic carbocycles. The molecule has 0 bridgehead atoms. The van der Waals surface area contributed by atoms with Gasteiger partial charge in [-0.3, -0.25) is 9.59 Å². The molecule has 3 rings (SSSR count). The minimum Gasteiger partial charge on any atom is -0.322 e. The fraction of sp³-hybridized carbons (Fsp3) is 0.263. The first-order chi connectivity index (χ1) is 11.9. The van der Waals surface area contributed by atoms with Gasteiger partial charge in [-0.1, -0.05) is 29.8 Å². The SMILES string of the molecule is CCN1C(=O)CN(C(C)=O)C(c2ccccc2F)c2cc(Cl)ccc21. The van der Waals surface area contributed by atoms with Crippen LogP contribution < -0.4 is 4.90 Å². The van der Waals surface area contributed by atoms with Crippen LogP contribution in [0.3, 0.4) is 0 Å². The van der Waals surface area contributed by atoms with E-state index in [9.17, 15) is 14.0 Å². The molecule has 4 nitrogen and oxygen atoms in total. The second kappa shape index (κ2) is 6.84. The Morgan fingerprint density at radius 1 is 1.24 bits per heavy atom. The van der Waals surface area contributed by atoms with E-state index in [2.05, 4.69) is 0 Å². The number of hydrogen-bond donors (Lipinski definition) is 0. The molecule has 2 amide bonds. The van der Waals surface area contributed by atoms with E-state index in [4.69, 9.17) is 11.6 Å². The number of halogens is 2. The number of likely N-dealkylation sites (N-methyl/N-ethyl adjacent to an activating group) is 1. The van der Waals surface area contributed by atoms with Crippen molar-refractivity contribution in [3.8, 4) is 0 Å². The number of anilines is 1. The van der Waals surface area contributed by atoms with Crippen molar-refractivity contribution in [1.82, 2.24) is 4.90 Å². The Morgan fingerprint density at radius 3 is 2.60 bits per heavy atom. The van der Waals surface area contributed by atoms with E-state index < -0.39 is 11.9 Å². The third-order valence-corrected chi connectivity index (χ3v) is 4.65. The molecular weight excluding hydrogens is 343 g/mol. The van der Waals surface area contributed by atoms with Crippen molar-refractivity contribution in [3.05, 3.63) is 64.4 Å². The minimum atomic E-state index is -0.715. The Balaban J connectivity index is 2.31. The van der Waals surface area contributed by atoms with Crippen LogP contribution in [0.15, 0.2) is 42.5 Å². The number of benzene rings is 2. The first-order valence-corrected chi connectivity index (χ1v) is 8.43. The first-order valence-electron chi connectivity index (χ1n) is 8.05. The predicted molar refractivity (Wildman–Crippen MR) is 95.1 cm³/mol. The average molecular weight is 361 g/mol. The Hall–Kier alpha value is -2.40. The molecule has 6 heteroatoms. The van der Waals surface area contributed by atoms with Gasteiger partial charge in [0.15, 0.2) is 0 Å². The Kier molecular flexibility index (Phi) is 4.77. The van der Waals surface area contributed by atoms with Crippen molar-refractivity contribution in [1.29, 1.82) is 0 Å². The topological polar surface area (TPSA) is 40.6 Å². The summed E-state index contributed by atoms with van der Waals surface area (Å²) in [6, 6.07) is 10.7. The summed E-state index contributed by atoms with van der Waals surface area (Å²) in [7, 11) is 0. The van der Waals surface area contributed by atoms with Gasteiger partial charge < -0.3 is 9.80 Å². The highest BCUT2D eigenvalue weighted by atomic mass is 35.5. The molecule has 1 unspecified atom stereocenters. The molecule has 2 aromatic rings. The van der Waals surface area contributed by atoms with Crippen molar-refractivity contribution < 1.29 is 14.0 Å². The molecule has 1 aliphatic heterocycles. The maximum Gasteiger partial charge on any atom is 0.246 e. The van der Waals surface area contributed by atoms with Gasteiger partial charge in [0.05, 0.1) is 6.04 Å². The minimum absolute atomic E-state index is 0.117. The Labute approximate surface area is 150 Å². The third-order valence-electron chi connectivity index (χ3n) is 4.41. The van der Waals surface area contributed by atoms with Crippen LogP contribution in [0.5, 0.6) is 0 Å². The quantitative estimate of drug-likeness (QED) is 0.817. The van der Waals surface area contributed by atoms with E-state index in [0.29, 0.717) is 28.4 Å². The van der Waals surface area contributed by atoms with Crippen molar-refractivity contribution in [2.45, 2.75) is 19.9 Å². The number of carbonyl (C=O) groups excluding carboxylic acids is 2. The van der Waals surface area contributed by atoms with E-state index in [0.717, 1.165) is 0 Å². The summed E-state index contributed by atoms with van der Waals surface area (Å²) < 4.78 is 14.5. The van der Waals surface area contributed by atoms with Crippen LogP contribution in [0, 0.1) is 5.82 Å². The van der Waals surface area contributed by atoms with Gasteiger partial charge in [0.2, 0.25) is 11.8 Å². The van der Waals surface area contributed by atoms with Crippen LogP contribution in [0.1, 0.15) is 31.0 Å². The van der Waals surface area contributed by atoms with Crippen LogP contribution in [-0.2, 0) is 9.59 Å². The highest BCUT2D eigenvalue weighted by molar-refractivity contribution is 6.30. The summed E-state index contributed by atoms with van der Waals surface area (Å²) in [6.07, 6.45) is 0. The van der Waals surface area contributed by atoms with Gasteiger partial charge in [0.25, 0.3) is 0 Å². The van der Waals surface area contributed by atoms with Crippen molar-refractivity contribution in [2.75, 3.05) is 18.0 Å². The molecule has 2 aromatic carbocycles. The van der Waals surface area contributed by atoms with Crippen LogP contribution in [0.2, 0.25) is 5.02 Å². The number of hydrogen-bond acceptors (Lipinski definition) is 2. The van der Waals surface area contributed by atoms with E-state index in [1.54, 1.807) is 41.3 Å². The summed E-state index contributed by atoms with van der Waals surface area (Å²) in [5.41, 5.74) is 1.63. The van der Waals surface area contributed by atoms with Gasteiger partial charge in [-0.2, -0.15) is 0 Å². The first kappa shape index (κ1) is 17.4. The fourth-order valence-electron chi connectivity index (χ4n) is 3.29. The molecule has 0 saturated carbocycles. The average Bonchev–Trinajstić information content (AvgIpc) is 2.69. The number of nitrogens with zero attached hydrogens (tertiary/aromatic N) is 2. The zero-order chi connectivity index (χ0) is 18.1. The molecule has 1 heterocycles. The van der Waals surface area contributed by atoms with E-state index >= 15 is 0 Å². The summed E-state index contributed by atoms with van der Waals surface area (Å²) in [4.78, 5) is 28.0. The van der Waals surface area contributed by atoms with Crippen LogP contribution in [0.25, 0.3) is 0 Å². The van der Waals surface area contributed by atoms with Crippen molar-refractivity contribution in [3.63, 3.8) is 0 Å². The lowest BCUT2D eigenvalue weighted by Crippen LogP contribution is -2.41. The van der Waals surface area contributed by atoms with Crippen LogP contribution >= 0.6 is 11.6 Å².